The van der Waals surface area contributed by atoms with Gasteiger partial charge >= 0.3 is 0 Å². The van der Waals surface area contributed by atoms with E-state index in [2.05, 4.69) is 15.6 Å². The molecule has 0 atom stereocenters. The summed E-state index contributed by atoms with van der Waals surface area (Å²) in [5, 5.41) is 8.53. The lowest BCUT2D eigenvalue weighted by atomic mass is 10.3. The zero-order valence-corrected chi connectivity index (χ0v) is 16.2. The summed E-state index contributed by atoms with van der Waals surface area (Å²) in [6.45, 7) is 4.34. The van der Waals surface area contributed by atoms with Gasteiger partial charge in [0.2, 0.25) is 5.91 Å². The Bertz CT molecular complexity index is 894. The number of carbonyl (C=O) groups excluding carboxylic acids is 2. The van der Waals surface area contributed by atoms with E-state index < -0.39 is 0 Å². The Morgan fingerprint density at radius 3 is 2.60 bits per heavy atom. The number of carbonyl (C=O) groups is 2. The van der Waals surface area contributed by atoms with Crippen LogP contribution in [0.3, 0.4) is 0 Å². The Morgan fingerprint density at radius 1 is 1.08 bits per heavy atom. The van der Waals surface area contributed by atoms with Crippen molar-refractivity contribution in [3.05, 3.63) is 49.3 Å². The van der Waals surface area contributed by atoms with Crippen LogP contribution < -0.4 is 10.6 Å². The van der Waals surface area contributed by atoms with Gasteiger partial charge in [0.05, 0.1) is 33.5 Å². The molecule has 0 aliphatic heterocycles. The van der Waals surface area contributed by atoms with Crippen LogP contribution in [-0.4, -0.2) is 23.3 Å². The summed E-state index contributed by atoms with van der Waals surface area (Å²) in [5.74, 6) is -0.424. The highest BCUT2D eigenvalue weighted by molar-refractivity contribution is 7.16. The zero-order valence-electron chi connectivity index (χ0n) is 13.8. The van der Waals surface area contributed by atoms with Crippen LogP contribution in [0.2, 0.25) is 0 Å². The van der Waals surface area contributed by atoms with E-state index in [1.54, 1.807) is 28.7 Å². The molecule has 0 unspecified atom stereocenters. The van der Waals surface area contributed by atoms with E-state index in [0.717, 1.165) is 25.3 Å². The van der Waals surface area contributed by atoms with Crippen LogP contribution in [0.15, 0.2) is 29.6 Å². The van der Waals surface area contributed by atoms with E-state index in [1.165, 1.54) is 11.3 Å². The SMILES string of the molecule is Cc1ccc(C(=O)NCC(=O)NCc2ccc(-c3csc(C)n3)s2)s1. The molecule has 0 aliphatic carbocycles. The third-order valence-corrected chi connectivity index (χ3v) is 6.25. The summed E-state index contributed by atoms with van der Waals surface area (Å²) >= 11 is 4.64. The Balaban J connectivity index is 1.46. The molecule has 0 saturated carbocycles. The molecule has 25 heavy (non-hydrogen) atoms. The fraction of sp³-hybridized carbons (Fsp3) is 0.235. The highest BCUT2D eigenvalue weighted by Gasteiger charge is 2.11. The zero-order chi connectivity index (χ0) is 17.8. The molecular formula is C17H17N3O2S3. The first-order valence-corrected chi connectivity index (χ1v) is 10.1. The van der Waals surface area contributed by atoms with Crippen LogP contribution in [0.25, 0.3) is 10.6 Å². The largest absolute Gasteiger partial charge is 0.350 e. The summed E-state index contributed by atoms with van der Waals surface area (Å²) in [6, 6.07) is 7.65. The van der Waals surface area contributed by atoms with Crippen molar-refractivity contribution in [2.75, 3.05) is 6.54 Å². The summed E-state index contributed by atoms with van der Waals surface area (Å²) < 4.78 is 0. The van der Waals surface area contributed by atoms with Gasteiger partial charge in [0.1, 0.15) is 0 Å². The molecule has 0 saturated heterocycles. The number of thiazole rings is 1. The van der Waals surface area contributed by atoms with E-state index in [9.17, 15) is 9.59 Å². The third kappa shape index (κ3) is 4.75. The standard InChI is InChI=1S/C17H17N3O2S3/c1-10-3-5-15(24-10)17(22)19-8-16(21)18-7-12-4-6-14(25-12)13-9-23-11(2)20-13/h3-6,9H,7-8H2,1-2H3,(H,18,21)(H,19,22). The maximum Gasteiger partial charge on any atom is 0.261 e. The van der Waals surface area contributed by atoms with Crippen LogP contribution in [0, 0.1) is 13.8 Å². The molecule has 0 radical (unpaired) electrons. The first-order chi connectivity index (χ1) is 12.0. The van der Waals surface area contributed by atoms with Gasteiger partial charge < -0.3 is 10.6 Å². The summed E-state index contributed by atoms with van der Waals surface area (Å²) in [6.07, 6.45) is 0. The Labute approximate surface area is 157 Å². The number of hydrogen-bond donors (Lipinski definition) is 2. The van der Waals surface area contributed by atoms with E-state index in [0.29, 0.717) is 11.4 Å². The number of aromatic nitrogens is 1. The monoisotopic (exact) mass is 391 g/mol. The lowest BCUT2D eigenvalue weighted by Crippen LogP contribution is -2.36. The molecule has 2 amide bonds. The molecule has 3 aromatic heterocycles. The van der Waals surface area contributed by atoms with Crippen LogP contribution in [0.1, 0.15) is 24.4 Å². The topological polar surface area (TPSA) is 71.1 Å². The van der Waals surface area contributed by atoms with Crippen molar-refractivity contribution in [2.45, 2.75) is 20.4 Å². The number of amides is 2. The van der Waals surface area contributed by atoms with Crippen LogP contribution >= 0.6 is 34.0 Å². The smallest absolute Gasteiger partial charge is 0.261 e. The number of nitrogens with one attached hydrogen (secondary N) is 2. The number of nitrogens with zero attached hydrogens (tertiary/aromatic N) is 1. The van der Waals surface area contributed by atoms with Crippen molar-refractivity contribution in [2.24, 2.45) is 0 Å². The van der Waals surface area contributed by atoms with Crippen molar-refractivity contribution >= 4 is 45.8 Å². The molecule has 2 N–H and O–H groups in total. The second kappa shape index (κ2) is 7.90. The van der Waals surface area contributed by atoms with Crippen molar-refractivity contribution in [1.29, 1.82) is 0 Å². The molecular weight excluding hydrogens is 374 g/mol. The minimum Gasteiger partial charge on any atom is -0.350 e. The van der Waals surface area contributed by atoms with E-state index in [1.807, 2.05) is 37.4 Å². The van der Waals surface area contributed by atoms with E-state index in [4.69, 9.17) is 0 Å². The van der Waals surface area contributed by atoms with Crippen LogP contribution in [0.4, 0.5) is 0 Å². The quantitative estimate of drug-likeness (QED) is 0.674. The van der Waals surface area contributed by atoms with Gasteiger partial charge in [-0.2, -0.15) is 0 Å². The Morgan fingerprint density at radius 2 is 1.92 bits per heavy atom. The van der Waals surface area contributed by atoms with Gasteiger partial charge in [-0.1, -0.05) is 0 Å². The Hall–Kier alpha value is -2.03. The second-order valence-electron chi connectivity index (χ2n) is 5.39. The van der Waals surface area contributed by atoms with E-state index in [-0.39, 0.29) is 18.4 Å². The summed E-state index contributed by atoms with van der Waals surface area (Å²) in [5.41, 5.74) is 0.976. The molecule has 0 aliphatic rings. The van der Waals surface area contributed by atoms with Gasteiger partial charge in [0, 0.05) is 15.1 Å². The Kier molecular flexibility index (Phi) is 5.62. The molecule has 0 fully saturated rings. The minimum absolute atomic E-state index is 0.0285. The fourth-order valence-corrected chi connectivity index (χ4v) is 4.52. The van der Waals surface area contributed by atoms with Gasteiger partial charge in [-0.3, -0.25) is 9.59 Å². The number of hydrogen-bond acceptors (Lipinski definition) is 6. The molecule has 3 aromatic rings. The highest BCUT2D eigenvalue weighted by Crippen LogP contribution is 2.28. The molecule has 130 valence electrons. The molecule has 5 nitrogen and oxygen atoms in total. The van der Waals surface area contributed by atoms with Gasteiger partial charge in [-0.25, -0.2) is 4.98 Å². The van der Waals surface area contributed by atoms with Crippen LogP contribution in [-0.2, 0) is 11.3 Å². The van der Waals surface area contributed by atoms with Gasteiger partial charge in [-0.05, 0) is 38.1 Å². The number of aryl methyl sites for hydroxylation is 2. The second-order valence-corrected chi connectivity index (χ2v) is 8.91. The molecule has 0 bridgehead atoms. The lowest BCUT2D eigenvalue weighted by molar-refractivity contribution is -0.120. The van der Waals surface area contributed by atoms with Gasteiger partial charge in [-0.15, -0.1) is 34.0 Å². The van der Waals surface area contributed by atoms with Crippen molar-refractivity contribution < 1.29 is 9.59 Å². The first kappa shape index (κ1) is 17.8. The molecule has 8 heteroatoms. The van der Waals surface area contributed by atoms with Gasteiger partial charge in [0.25, 0.3) is 5.91 Å². The maximum absolute atomic E-state index is 11.9. The normalized spacial score (nSPS) is 10.6. The predicted octanol–water partition coefficient (Wildman–Crippen LogP) is 3.60. The molecule has 0 aromatic carbocycles. The first-order valence-electron chi connectivity index (χ1n) is 7.64. The average Bonchev–Trinajstić information content (AvgIpc) is 3.31. The van der Waals surface area contributed by atoms with Crippen LogP contribution in [0.5, 0.6) is 0 Å². The molecule has 3 heterocycles. The number of rotatable bonds is 6. The average molecular weight is 392 g/mol. The highest BCUT2D eigenvalue weighted by atomic mass is 32.1. The predicted molar refractivity (Wildman–Crippen MR) is 103 cm³/mol. The molecule has 0 spiro atoms. The number of thiophene rings is 2. The van der Waals surface area contributed by atoms with Crippen molar-refractivity contribution in [3.63, 3.8) is 0 Å². The summed E-state index contributed by atoms with van der Waals surface area (Å²) in [7, 11) is 0. The molecule has 3 rings (SSSR count). The minimum atomic E-state index is -0.217. The third-order valence-electron chi connectivity index (χ3n) is 3.37. The summed E-state index contributed by atoms with van der Waals surface area (Å²) in [4.78, 5) is 32.1. The van der Waals surface area contributed by atoms with Gasteiger partial charge in [0.15, 0.2) is 0 Å². The van der Waals surface area contributed by atoms with E-state index >= 15 is 0 Å². The fourth-order valence-electron chi connectivity index (χ4n) is 2.14. The lowest BCUT2D eigenvalue weighted by Gasteiger charge is -2.05. The van der Waals surface area contributed by atoms with Crippen molar-refractivity contribution in [1.82, 2.24) is 15.6 Å². The van der Waals surface area contributed by atoms with Crippen molar-refractivity contribution in [3.8, 4) is 10.6 Å². The maximum atomic E-state index is 11.9.